The summed E-state index contributed by atoms with van der Waals surface area (Å²) in [4.78, 5) is 13.3. The van der Waals surface area contributed by atoms with E-state index in [0.717, 1.165) is 47.1 Å². The number of aromatic amines is 1. The summed E-state index contributed by atoms with van der Waals surface area (Å²) in [7, 11) is 0. The molecule has 0 aliphatic carbocycles. The molecule has 3 aromatic rings. The van der Waals surface area contributed by atoms with Crippen molar-refractivity contribution in [1.82, 2.24) is 25.1 Å². The van der Waals surface area contributed by atoms with Gasteiger partial charge in [-0.2, -0.15) is 15.1 Å². The van der Waals surface area contributed by atoms with E-state index in [2.05, 4.69) is 41.2 Å². The van der Waals surface area contributed by atoms with Gasteiger partial charge < -0.3 is 10.6 Å². The Hall–Kier alpha value is -2.22. The number of rotatable bonds is 6. The lowest BCUT2D eigenvalue weighted by Crippen LogP contribution is -2.09. The SMILES string of the molecule is CCNc1nc(NCCc2nc(C)cs2)c2cn[nH]c2n1. The molecule has 110 valence electrons. The summed E-state index contributed by atoms with van der Waals surface area (Å²) in [5.74, 6) is 1.39. The molecule has 8 heteroatoms. The molecular weight excluding hydrogens is 286 g/mol. The van der Waals surface area contributed by atoms with Crippen LogP contribution in [0.2, 0.25) is 0 Å². The van der Waals surface area contributed by atoms with Crippen LogP contribution in [0.5, 0.6) is 0 Å². The fourth-order valence-corrected chi connectivity index (χ4v) is 2.79. The highest BCUT2D eigenvalue weighted by molar-refractivity contribution is 7.09. The number of thiazole rings is 1. The van der Waals surface area contributed by atoms with Crippen molar-refractivity contribution in [2.45, 2.75) is 20.3 Å². The number of aromatic nitrogens is 5. The summed E-state index contributed by atoms with van der Waals surface area (Å²) in [6.07, 6.45) is 2.61. The molecule has 3 rings (SSSR count). The summed E-state index contributed by atoms with van der Waals surface area (Å²) >= 11 is 1.69. The molecule has 0 bridgehead atoms. The first-order chi connectivity index (χ1) is 10.3. The van der Waals surface area contributed by atoms with E-state index in [1.165, 1.54) is 0 Å². The second-order valence-electron chi connectivity index (χ2n) is 4.62. The predicted octanol–water partition coefficient (Wildman–Crippen LogP) is 2.20. The third kappa shape index (κ3) is 3.10. The van der Waals surface area contributed by atoms with Gasteiger partial charge >= 0.3 is 0 Å². The monoisotopic (exact) mass is 303 g/mol. The van der Waals surface area contributed by atoms with Gasteiger partial charge in [0.05, 0.1) is 16.6 Å². The van der Waals surface area contributed by atoms with E-state index in [1.54, 1.807) is 17.5 Å². The third-order valence-electron chi connectivity index (χ3n) is 2.94. The highest BCUT2D eigenvalue weighted by Crippen LogP contribution is 2.20. The molecule has 3 heterocycles. The molecule has 0 aliphatic heterocycles. The Kier molecular flexibility index (Phi) is 3.96. The van der Waals surface area contributed by atoms with Gasteiger partial charge in [-0.3, -0.25) is 5.10 Å². The Bertz CT molecular complexity index is 733. The molecule has 0 spiro atoms. The maximum atomic E-state index is 4.49. The standard InChI is InChI=1S/C13H17N7S/c1-3-14-13-18-11(9-6-16-20-12(9)19-13)15-5-4-10-17-8(2)7-21-10/h6-7H,3-5H2,1-2H3,(H3,14,15,16,18,19,20). The molecule has 0 radical (unpaired) electrons. The molecule has 0 unspecified atom stereocenters. The molecular formula is C13H17N7S. The third-order valence-corrected chi connectivity index (χ3v) is 3.97. The lowest BCUT2D eigenvalue weighted by Gasteiger charge is -2.08. The van der Waals surface area contributed by atoms with Crippen LogP contribution >= 0.6 is 11.3 Å². The number of fused-ring (bicyclic) bond motifs is 1. The van der Waals surface area contributed by atoms with Crippen molar-refractivity contribution in [2.24, 2.45) is 0 Å². The first kappa shape index (κ1) is 13.7. The van der Waals surface area contributed by atoms with E-state index >= 15 is 0 Å². The van der Waals surface area contributed by atoms with E-state index in [4.69, 9.17) is 0 Å². The van der Waals surface area contributed by atoms with Gasteiger partial charge in [0.2, 0.25) is 5.95 Å². The van der Waals surface area contributed by atoms with E-state index in [-0.39, 0.29) is 0 Å². The van der Waals surface area contributed by atoms with E-state index in [1.807, 2.05) is 13.8 Å². The summed E-state index contributed by atoms with van der Waals surface area (Å²) < 4.78 is 0. The van der Waals surface area contributed by atoms with E-state index in [0.29, 0.717) is 5.95 Å². The summed E-state index contributed by atoms with van der Waals surface area (Å²) in [6.45, 7) is 5.57. The van der Waals surface area contributed by atoms with Crippen molar-refractivity contribution < 1.29 is 0 Å². The van der Waals surface area contributed by atoms with Crippen molar-refractivity contribution in [3.8, 4) is 0 Å². The van der Waals surface area contributed by atoms with Crippen molar-refractivity contribution >= 4 is 34.1 Å². The number of nitrogens with zero attached hydrogens (tertiary/aromatic N) is 4. The quantitative estimate of drug-likeness (QED) is 0.646. The van der Waals surface area contributed by atoms with Gasteiger partial charge in [-0.25, -0.2) is 4.98 Å². The zero-order valence-electron chi connectivity index (χ0n) is 12.0. The Labute approximate surface area is 126 Å². The van der Waals surface area contributed by atoms with Crippen molar-refractivity contribution in [1.29, 1.82) is 0 Å². The Morgan fingerprint density at radius 2 is 2.14 bits per heavy atom. The lowest BCUT2D eigenvalue weighted by molar-refractivity contribution is 0.976. The Morgan fingerprint density at radius 3 is 2.90 bits per heavy atom. The smallest absolute Gasteiger partial charge is 0.226 e. The highest BCUT2D eigenvalue weighted by Gasteiger charge is 2.09. The number of aryl methyl sites for hydroxylation is 1. The molecule has 3 N–H and O–H groups in total. The first-order valence-corrected chi connectivity index (χ1v) is 7.74. The lowest BCUT2D eigenvalue weighted by atomic mass is 10.3. The van der Waals surface area contributed by atoms with Crippen LogP contribution in [0.4, 0.5) is 11.8 Å². The fraction of sp³-hybridized carbons (Fsp3) is 0.385. The number of H-pyrrole nitrogens is 1. The summed E-state index contributed by atoms with van der Waals surface area (Å²) in [5.41, 5.74) is 1.80. The van der Waals surface area contributed by atoms with Crippen molar-refractivity contribution in [3.63, 3.8) is 0 Å². The Morgan fingerprint density at radius 1 is 1.24 bits per heavy atom. The van der Waals surface area contributed by atoms with Gasteiger partial charge in [-0.05, 0) is 13.8 Å². The van der Waals surface area contributed by atoms with Crippen LogP contribution in [-0.4, -0.2) is 38.2 Å². The highest BCUT2D eigenvalue weighted by atomic mass is 32.1. The minimum Gasteiger partial charge on any atom is -0.369 e. The molecule has 0 saturated carbocycles. The maximum absolute atomic E-state index is 4.49. The van der Waals surface area contributed by atoms with Gasteiger partial charge in [0.25, 0.3) is 0 Å². The van der Waals surface area contributed by atoms with Crippen LogP contribution in [0, 0.1) is 6.92 Å². The average molecular weight is 303 g/mol. The first-order valence-electron chi connectivity index (χ1n) is 6.86. The van der Waals surface area contributed by atoms with Crippen LogP contribution < -0.4 is 10.6 Å². The van der Waals surface area contributed by atoms with Crippen molar-refractivity contribution in [2.75, 3.05) is 23.7 Å². The minimum atomic E-state index is 0.599. The Balaban J connectivity index is 1.74. The van der Waals surface area contributed by atoms with Crippen LogP contribution in [0.1, 0.15) is 17.6 Å². The van der Waals surface area contributed by atoms with E-state index in [9.17, 15) is 0 Å². The van der Waals surface area contributed by atoms with Gasteiger partial charge in [0, 0.05) is 30.6 Å². The zero-order chi connectivity index (χ0) is 14.7. The molecule has 0 aromatic carbocycles. The molecule has 7 nitrogen and oxygen atoms in total. The molecule has 3 aromatic heterocycles. The molecule has 0 amide bonds. The molecule has 0 fully saturated rings. The zero-order valence-corrected chi connectivity index (χ0v) is 12.8. The summed E-state index contributed by atoms with van der Waals surface area (Å²) in [5, 5.41) is 17.5. The molecule has 21 heavy (non-hydrogen) atoms. The topological polar surface area (TPSA) is 91.4 Å². The number of hydrogen-bond donors (Lipinski definition) is 3. The number of hydrogen-bond acceptors (Lipinski definition) is 7. The second-order valence-corrected chi connectivity index (χ2v) is 5.56. The van der Waals surface area contributed by atoms with Crippen LogP contribution in [0.15, 0.2) is 11.6 Å². The van der Waals surface area contributed by atoms with E-state index < -0.39 is 0 Å². The van der Waals surface area contributed by atoms with Crippen LogP contribution in [0.25, 0.3) is 11.0 Å². The maximum Gasteiger partial charge on any atom is 0.226 e. The normalized spacial score (nSPS) is 11.0. The molecule has 0 saturated heterocycles. The number of nitrogens with one attached hydrogen (secondary N) is 3. The van der Waals surface area contributed by atoms with Crippen molar-refractivity contribution in [3.05, 3.63) is 22.3 Å². The molecule has 0 aliphatic rings. The largest absolute Gasteiger partial charge is 0.369 e. The van der Waals surface area contributed by atoms with Gasteiger partial charge in [-0.15, -0.1) is 11.3 Å². The van der Waals surface area contributed by atoms with Gasteiger partial charge in [0.15, 0.2) is 5.65 Å². The molecule has 0 atom stereocenters. The average Bonchev–Trinajstić information content (AvgIpc) is 3.08. The summed E-state index contributed by atoms with van der Waals surface area (Å²) in [6, 6.07) is 0. The van der Waals surface area contributed by atoms with Gasteiger partial charge in [-0.1, -0.05) is 0 Å². The minimum absolute atomic E-state index is 0.599. The van der Waals surface area contributed by atoms with Gasteiger partial charge in [0.1, 0.15) is 5.82 Å². The fourth-order valence-electron chi connectivity index (χ4n) is 2.01. The van der Waals surface area contributed by atoms with Crippen LogP contribution in [0.3, 0.4) is 0 Å². The van der Waals surface area contributed by atoms with Crippen LogP contribution in [-0.2, 0) is 6.42 Å². The predicted molar refractivity (Wildman–Crippen MR) is 84.9 cm³/mol. The second kappa shape index (κ2) is 6.04. The number of anilines is 2.